The molecule has 2 unspecified atom stereocenters. The minimum atomic E-state index is -5.33. The fourth-order valence-corrected chi connectivity index (χ4v) is 13.2. The summed E-state index contributed by atoms with van der Waals surface area (Å²) in [6.45, 7) is 6.02. The first-order valence-corrected chi connectivity index (χ1v) is 22.5. The highest BCUT2D eigenvalue weighted by Crippen LogP contribution is 2.51. The van der Waals surface area contributed by atoms with E-state index in [0.29, 0.717) is 53.8 Å². The van der Waals surface area contributed by atoms with Crippen LogP contribution in [0.3, 0.4) is 0 Å². The van der Waals surface area contributed by atoms with Crippen molar-refractivity contribution in [3.63, 3.8) is 0 Å². The monoisotopic (exact) mass is 867 g/mol. The second kappa shape index (κ2) is 14.0. The summed E-state index contributed by atoms with van der Waals surface area (Å²) in [5, 5.41) is 3.72. The number of hydrogen-bond donors (Lipinski definition) is 2. The molecule has 3 saturated heterocycles. The third-order valence-corrected chi connectivity index (χ3v) is 15.3. The number of sulfonamides is 1. The average Bonchev–Trinajstić information content (AvgIpc) is 3.63. The lowest BCUT2D eigenvalue weighted by molar-refractivity contribution is -0.140. The first kappa shape index (κ1) is 40.2. The fourth-order valence-electron chi connectivity index (χ4n) is 8.41. The third kappa shape index (κ3) is 7.67. The number of thiazole rings is 1. The molecule has 8 rings (SSSR count). The maximum atomic E-state index is 16.7. The molecule has 2 aromatic heterocycles. The van der Waals surface area contributed by atoms with Crippen molar-refractivity contribution in [2.24, 2.45) is 5.41 Å². The van der Waals surface area contributed by atoms with Gasteiger partial charge in [-0.1, -0.05) is 23.5 Å². The minimum Gasteiger partial charge on any atom is -0.444 e. The summed E-state index contributed by atoms with van der Waals surface area (Å²) in [7, 11) is -8.34. The molecule has 0 radical (unpaired) electrons. The van der Waals surface area contributed by atoms with Crippen LogP contribution in [0.4, 0.5) is 43.5 Å². The Labute approximate surface area is 335 Å². The quantitative estimate of drug-likeness (QED) is 0.176. The zero-order chi connectivity index (χ0) is 41.6. The molecule has 1 saturated carbocycles. The van der Waals surface area contributed by atoms with Crippen LogP contribution in [0.1, 0.15) is 52.0 Å². The molecule has 5 heterocycles. The van der Waals surface area contributed by atoms with Crippen molar-refractivity contribution < 1.29 is 48.3 Å². The fraction of sp³-hybridized carbons (Fsp3) is 0.459. The van der Waals surface area contributed by atoms with Gasteiger partial charge in [-0.3, -0.25) is 4.72 Å². The van der Waals surface area contributed by atoms with Gasteiger partial charge in [0.1, 0.15) is 16.3 Å². The normalized spacial score (nSPS) is 21.4. The molecule has 2 atom stereocenters. The molecule has 13 nitrogen and oxygen atoms in total. The summed E-state index contributed by atoms with van der Waals surface area (Å²) >= 11 is 1.19. The number of hydrogen-bond acceptors (Lipinski definition) is 12. The number of nitrogens with one attached hydrogen (secondary N) is 2. The van der Waals surface area contributed by atoms with Gasteiger partial charge in [-0.2, -0.15) is 13.2 Å². The Hall–Kier alpha value is -4.63. The van der Waals surface area contributed by atoms with Crippen molar-refractivity contribution in [2.75, 3.05) is 39.5 Å². The predicted octanol–water partition coefficient (Wildman–Crippen LogP) is 6.94. The molecule has 58 heavy (non-hydrogen) atoms. The van der Waals surface area contributed by atoms with Gasteiger partial charge >= 0.3 is 12.3 Å². The van der Waals surface area contributed by atoms with E-state index in [9.17, 15) is 39.2 Å². The molecule has 2 N–H and O–H groups in total. The number of rotatable bonds is 8. The Morgan fingerprint density at radius 1 is 0.983 bits per heavy atom. The van der Waals surface area contributed by atoms with E-state index in [0.717, 1.165) is 25.0 Å². The number of likely N-dealkylation sites (tertiary alicyclic amines) is 1. The number of piperazine rings is 1. The number of aromatic nitrogens is 3. The number of benzene rings is 2. The highest BCUT2D eigenvalue weighted by atomic mass is 32.2. The van der Waals surface area contributed by atoms with Gasteiger partial charge in [-0.25, -0.2) is 45.4 Å². The molecule has 21 heteroatoms. The zero-order valence-electron chi connectivity index (χ0n) is 31.3. The van der Waals surface area contributed by atoms with E-state index in [-0.39, 0.29) is 52.3 Å². The maximum absolute atomic E-state index is 16.7. The number of carbonyl (C=O) groups is 1. The topological polar surface area (TPSA) is 164 Å². The Kier molecular flexibility index (Phi) is 9.69. The lowest BCUT2D eigenvalue weighted by atomic mass is 9.67. The predicted molar refractivity (Wildman–Crippen MR) is 206 cm³/mol. The summed E-state index contributed by atoms with van der Waals surface area (Å²) < 4.78 is 131. The van der Waals surface area contributed by atoms with E-state index in [2.05, 4.69) is 15.2 Å². The Morgan fingerprint density at radius 2 is 1.66 bits per heavy atom. The zero-order valence-corrected chi connectivity index (χ0v) is 33.8. The van der Waals surface area contributed by atoms with Gasteiger partial charge in [0.05, 0.1) is 39.0 Å². The molecular weight excluding hydrogens is 830 g/mol. The van der Waals surface area contributed by atoms with Gasteiger partial charge in [0.2, 0.25) is 5.95 Å². The number of ether oxygens (including phenoxy) is 1. The van der Waals surface area contributed by atoms with Crippen LogP contribution in [0.5, 0.6) is 0 Å². The van der Waals surface area contributed by atoms with Crippen LogP contribution in [-0.2, 0) is 30.8 Å². The summed E-state index contributed by atoms with van der Waals surface area (Å²) in [5.41, 5.74) is -3.30. The largest absolute Gasteiger partial charge is 0.444 e. The number of alkyl halides is 3. The maximum Gasteiger partial charge on any atom is 0.417 e. The lowest BCUT2D eigenvalue weighted by Gasteiger charge is -2.53. The van der Waals surface area contributed by atoms with Crippen LogP contribution in [0, 0.1) is 17.0 Å². The van der Waals surface area contributed by atoms with Crippen LogP contribution in [0.2, 0.25) is 0 Å². The minimum absolute atomic E-state index is 0.0429. The lowest BCUT2D eigenvalue weighted by Crippen LogP contribution is -2.60. The molecule has 2 aromatic carbocycles. The third-order valence-electron chi connectivity index (χ3n) is 10.6. The second-order valence-corrected chi connectivity index (χ2v) is 20.9. The number of sulfone groups is 1. The van der Waals surface area contributed by atoms with Gasteiger partial charge in [0.25, 0.3) is 10.0 Å². The summed E-state index contributed by atoms with van der Waals surface area (Å²) in [4.78, 5) is 29.4. The van der Waals surface area contributed by atoms with E-state index in [1.807, 2.05) is 4.72 Å². The van der Waals surface area contributed by atoms with E-state index >= 15 is 4.39 Å². The number of carbonyl (C=O) groups excluding carboxylic acids is 1. The molecule has 1 aliphatic carbocycles. The average molecular weight is 868 g/mol. The molecule has 1 amide bonds. The molecule has 4 fully saturated rings. The van der Waals surface area contributed by atoms with Crippen LogP contribution in [0.15, 0.2) is 53.6 Å². The van der Waals surface area contributed by atoms with Crippen molar-refractivity contribution in [1.82, 2.24) is 19.9 Å². The molecule has 310 valence electrons. The van der Waals surface area contributed by atoms with E-state index in [1.54, 1.807) is 31.7 Å². The highest BCUT2D eigenvalue weighted by Gasteiger charge is 2.56. The first-order valence-electron chi connectivity index (χ1n) is 18.4. The van der Waals surface area contributed by atoms with E-state index < -0.39 is 65.5 Å². The molecule has 1 spiro atoms. The van der Waals surface area contributed by atoms with Crippen molar-refractivity contribution in [2.45, 2.75) is 81.3 Å². The van der Waals surface area contributed by atoms with E-state index in [4.69, 9.17) is 14.7 Å². The number of anilines is 3. The van der Waals surface area contributed by atoms with Gasteiger partial charge in [-0.05, 0) is 76.8 Å². The van der Waals surface area contributed by atoms with Crippen molar-refractivity contribution in [3.8, 4) is 21.8 Å². The number of nitrogens with zero attached hydrogens (tertiary/aromatic N) is 5. The van der Waals surface area contributed by atoms with Gasteiger partial charge < -0.3 is 19.9 Å². The smallest absolute Gasteiger partial charge is 0.417 e. The Bertz CT molecular complexity index is 2500. The highest BCUT2D eigenvalue weighted by molar-refractivity contribution is 7.93. The van der Waals surface area contributed by atoms with Crippen LogP contribution >= 0.6 is 11.3 Å². The molecule has 4 aromatic rings. The van der Waals surface area contributed by atoms with E-state index in [1.165, 1.54) is 29.7 Å². The van der Waals surface area contributed by atoms with Crippen LogP contribution in [0.25, 0.3) is 21.8 Å². The molecular formula is C37H38F5N7O6S3. The number of fused-ring (bicyclic) bond motifs is 2. The molecule has 4 aliphatic rings. The van der Waals surface area contributed by atoms with Crippen molar-refractivity contribution in [3.05, 3.63) is 65.9 Å². The van der Waals surface area contributed by atoms with Crippen LogP contribution < -0.4 is 14.9 Å². The van der Waals surface area contributed by atoms with Crippen molar-refractivity contribution >= 4 is 54.1 Å². The molecule has 3 aliphatic heterocycles. The SMILES string of the molecule is CC(C)(C)OC(=O)N1CC2CCC(C1)N2c1nc(-c2cccc(NS(=O)(=O)c3c(F)cccc3C(F)(F)F)c2F)c(-c2ccnc(NC3CC4(C3)CS(=O)(=O)C4)n2)s1. The standard InChI is InChI=1S/C37H38F5N7O6S3/c1-35(2,3)55-34(50)48-16-21-10-11-22(17-48)49(21)33-46-29(30(56-33)27-12-13-43-32(45-27)44-20-14-36(15-20)18-57(51,52)19-36)23-6-4-9-26(28(23)39)47-58(53,54)31-24(37(40,41)42)7-5-8-25(31)38/h4-9,12-13,20-22,47H,10-11,14-19H2,1-3H3,(H,43,44,45). The van der Waals surface area contributed by atoms with Gasteiger partial charge in [-0.15, -0.1) is 0 Å². The second-order valence-electron chi connectivity index (χ2n) is 16.3. The summed E-state index contributed by atoms with van der Waals surface area (Å²) in [6.07, 6.45) is -1.49. The first-order chi connectivity index (χ1) is 27.1. The summed E-state index contributed by atoms with van der Waals surface area (Å²) in [5.74, 6) is -2.34. The number of halogens is 5. The van der Waals surface area contributed by atoms with Gasteiger partial charge in [0, 0.05) is 48.4 Å². The van der Waals surface area contributed by atoms with Gasteiger partial charge in [0.15, 0.2) is 20.8 Å². The van der Waals surface area contributed by atoms with Crippen molar-refractivity contribution in [1.29, 1.82) is 0 Å². The number of amides is 1. The Morgan fingerprint density at radius 3 is 2.29 bits per heavy atom. The Balaban J connectivity index is 1.15. The molecule has 2 bridgehead atoms. The summed E-state index contributed by atoms with van der Waals surface area (Å²) in [6, 6.07) is 6.48. The van der Waals surface area contributed by atoms with Crippen LogP contribution in [-0.4, -0.2) is 91.1 Å².